The molecule has 0 aliphatic heterocycles. The zero-order valence-corrected chi connectivity index (χ0v) is 16.5. The number of benzene rings is 3. The van der Waals surface area contributed by atoms with Gasteiger partial charge in [0.25, 0.3) is 0 Å². The number of nitrogens with two attached hydrogens (primary N) is 1. The van der Waals surface area contributed by atoms with Gasteiger partial charge in [-0.25, -0.2) is 0 Å². The van der Waals surface area contributed by atoms with Crippen LogP contribution in [0.2, 0.25) is 0 Å². The van der Waals surface area contributed by atoms with Crippen molar-refractivity contribution in [1.82, 2.24) is 0 Å². The summed E-state index contributed by atoms with van der Waals surface area (Å²) in [5.41, 5.74) is 5.89. The molecule has 0 bridgehead atoms. The summed E-state index contributed by atoms with van der Waals surface area (Å²) in [6, 6.07) is 33.0. The molecule has 0 unspecified atom stereocenters. The van der Waals surface area contributed by atoms with Gasteiger partial charge in [0.1, 0.15) is 0 Å². The minimum absolute atomic E-state index is 0. The van der Waals surface area contributed by atoms with Crippen molar-refractivity contribution in [2.75, 3.05) is 12.7 Å². The molecule has 3 heteroatoms. The summed E-state index contributed by atoms with van der Waals surface area (Å²) >= 11 is 0. The van der Waals surface area contributed by atoms with Crippen LogP contribution >= 0.6 is 24.2 Å². The predicted molar refractivity (Wildman–Crippen MR) is 115 cm³/mol. The molecule has 0 radical (unpaired) electrons. The number of hydrogen-bond donors (Lipinski definition) is 1. The first-order chi connectivity index (χ1) is 11.4. The normalized spacial score (nSPS) is 11.5. The molecule has 2 N–H and O–H groups in total. The number of halogens is 1. The summed E-state index contributed by atoms with van der Waals surface area (Å²) in [6.45, 7) is 0.737. The molecule has 3 aromatic carbocycles. The van der Waals surface area contributed by atoms with Gasteiger partial charge in [0, 0.05) is 0 Å². The Labute approximate surface area is 156 Å². The van der Waals surface area contributed by atoms with Gasteiger partial charge in [0.15, 0.2) is 0 Å². The molecule has 0 aliphatic rings. The van der Waals surface area contributed by atoms with Gasteiger partial charge in [-0.15, -0.1) is 17.0 Å². The van der Waals surface area contributed by atoms with Crippen molar-refractivity contribution in [2.45, 2.75) is 6.42 Å². The third-order valence-electron chi connectivity index (χ3n) is 4.56. The Morgan fingerprint density at radius 1 is 0.583 bits per heavy atom. The van der Waals surface area contributed by atoms with Crippen LogP contribution in [-0.2, 0) is 0 Å². The first-order valence-electron chi connectivity index (χ1n) is 8.24. The molecule has 3 aromatic rings. The Bertz CT molecular complexity index is 620. The van der Waals surface area contributed by atoms with Crippen molar-refractivity contribution in [3.05, 3.63) is 91.0 Å². The Morgan fingerprint density at radius 2 is 0.917 bits per heavy atom. The maximum atomic E-state index is 5.89. The van der Waals surface area contributed by atoms with Crippen molar-refractivity contribution in [3.8, 4) is 0 Å². The van der Waals surface area contributed by atoms with Crippen LogP contribution in [0.4, 0.5) is 0 Å². The van der Waals surface area contributed by atoms with E-state index in [4.69, 9.17) is 5.73 Å². The first-order valence-corrected chi connectivity index (χ1v) is 10.5. The van der Waals surface area contributed by atoms with E-state index in [1.165, 1.54) is 15.9 Å². The van der Waals surface area contributed by atoms with Gasteiger partial charge < -0.3 is 0 Å². The van der Waals surface area contributed by atoms with Crippen molar-refractivity contribution < 1.29 is 0 Å². The number of rotatable bonds is 6. The van der Waals surface area contributed by atoms with Crippen LogP contribution in [0.3, 0.4) is 0 Å². The van der Waals surface area contributed by atoms with Gasteiger partial charge in [0.05, 0.1) is 0 Å². The Balaban J connectivity index is 0.00000208. The minimum atomic E-state index is -2.02. The molecule has 0 atom stereocenters. The van der Waals surface area contributed by atoms with E-state index in [1.807, 2.05) is 0 Å². The predicted octanol–water partition coefficient (Wildman–Crippen LogP) is 3.64. The van der Waals surface area contributed by atoms with E-state index in [0.717, 1.165) is 19.1 Å². The van der Waals surface area contributed by atoms with Crippen LogP contribution in [0.1, 0.15) is 6.42 Å². The van der Waals surface area contributed by atoms with Crippen molar-refractivity contribution in [2.24, 2.45) is 5.73 Å². The first kappa shape index (κ1) is 18.9. The Kier molecular flexibility index (Phi) is 7.17. The second-order valence-corrected chi connectivity index (χ2v) is 9.94. The standard InChI is InChI=1S/C21H24NP.BrH/c22-17-10-18-23(19-11-4-1-5-12-19,20-13-6-2-7-14-20)21-15-8-3-9-16-21;/h1-9,11-16,23H,10,17-18,22H2;1H. The van der Waals surface area contributed by atoms with Crippen LogP contribution in [0.15, 0.2) is 91.0 Å². The molecule has 0 fully saturated rings. The fourth-order valence-electron chi connectivity index (χ4n) is 3.47. The topological polar surface area (TPSA) is 26.0 Å². The zero-order valence-electron chi connectivity index (χ0n) is 13.8. The molecule has 0 saturated carbocycles. The SMILES string of the molecule is Br.NCCC[PH](c1ccccc1)(c1ccccc1)c1ccccc1. The van der Waals surface area contributed by atoms with Crippen LogP contribution in [0, 0.1) is 0 Å². The molecule has 126 valence electrons. The molecule has 1 nitrogen and oxygen atoms in total. The number of hydrogen-bond acceptors (Lipinski definition) is 1. The Morgan fingerprint density at radius 3 is 1.21 bits per heavy atom. The van der Waals surface area contributed by atoms with E-state index in [2.05, 4.69) is 91.0 Å². The van der Waals surface area contributed by atoms with Gasteiger partial charge in [-0.1, -0.05) is 0 Å². The molecule has 0 aromatic heterocycles. The van der Waals surface area contributed by atoms with E-state index in [0.29, 0.717) is 0 Å². The zero-order chi connectivity index (χ0) is 16.0. The molecular weight excluding hydrogens is 377 g/mol. The Hall–Kier alpha value is -1.47. The van der Waals surface area contributed by atoms with Gasteiger partial charge in [-0.3, -0.25) is 0 Å². The fourth-order valence-corrected chi connectivity index (χ4v) is 8.35. The molecule has 0 saturated heterocycles. The van der Waals surface area contributed by atoms with Gasteiger partial charge >= 0.3 is 139 Å². The van der Waals surface area contributed by atoms with Crippen LogP contribution in [0.5, 0.6) is 0 Å². The molecule has 24 heavy (non-hydrogen) atoms. The summed E-state index contributed by atoms with van der Waals surface area (Å²) in [5, 5.41) is 4.39. The van der Waals surface area contributed by atoms with E-state index in [9.17, 15) is 0 Å². The average molecular weight is 402 g/mol. The van der Waals surface area contributed by atoms with E-state index >= 15 is 0 Å². The third kappa shape index (κ3) is 3.78. The van der Waals surface area contributed by atoms with Gasteiger partial charge in [-0.05, 0) is 0 Å². The van der Waals surface area contributed by atoms with Gasteiger partial charge in [0.2, 0.25) is 0 Å². The van der Waals surface area contributed by atoms with Crippen molar-refractivity contribution >= 4 is 40.2 Å². The van der Waals surface area contributed by atoms with Crippen molar-refractivity contribution in [1.29, 1.82) is 0 Å². The maximum absolute atomic E-state index is 5.89. The van der Waals surface area contributed by atoms with E-state index in [-0.39, 0.29) is 17.0 Å². The second-order valence-electron chi connectivity index (χ2n) is 5.90. The van der Waals surface area contributed by atoms with Gasteiger partial charge in [-0.2, -0.15) is 0 Å². The van der Waals surface area contributed by atoms with Crippen LogP contribution < -0.4 is 21.6 Å². The third-order valence-corrected chi connectivity index (χ3v) is 9.62. The van der Waals surface area contributed by atoms with Crippen LogP contribution in [0.25, 0.3) is 0 Å². The summed E-state index contributed by atoms with van der Waals surface area (Å²) < 4.78 is 0. The molecule has 0 heterocycles. The molecule has 0 aliphatic carbocycles. The summed E-state index contributed by atoms with van der Waals surface area (Å²) in [6.07, 6.45) is 2.19. The van der Waals surface area contributed by atoms with E-state index in [1.54, 1.807) is 0 Å². The molecular formula is C21H25BrNP. The quantitative estimate of drug-likeness (QED) is 0.626. The van der Waals surface area contributed by atoms with E-state index < -0.39 is 7.26 Å². The average Bonchev–Trinajstić information content (AvgIpc) is 2.65. The fraction of sp³-hybridized carbons (Fsp3) is 0.143. The molecule has 0 amide bonds. The van der Waals surface area contributed by atoms with Crippen molar-refractivity contribution in [3.63, 3.8) is 0 Å². The summed E-state index contributed by atoms with van der Waals surface area (Å²) in [4.78, 5) is 0. The molecule has 0 spiro atoms. The summed E-state index contributed by atoms with van der Waals surface area (Å²) in [5.74, 6) is 0. The summed E-state index contributed by atoms with van der Waals surface area (Å²) in [7, 11) is -2.02. The van der Waals surface area contributed by atoms with Crippen LogP contribution in [-0.4, -0.2) is 12.7 Å². The second kappa shape index (κ2) is 9.13. The molecule has 3 rings (SSSR count). The monoisotopic (exact) mass is 401 g/mol.